The van der Waals surface area contributed by atoms with Gasteiger partial charge < -0.3 is 9.72 Å². The molecule has 0 aliphatic carbocycles. The van der Waals surface area contributed by atoms with Crippen molar-refractivity contribution in [2.24, 2.45) is 5.92 Å². The van der Waals surface area contributed by atoms with Crippen molar-refractivity contribution < 1.29 is 0 Å². The quantitative estimate of drug-likeness (QED) is 0.876. The Labute approximate surface area is 103 Å². The Balaban J connectivity index is 2.23. The van der Waals surface area contributed by atoms with Crippen LogP contribution in [-0.4, -0.2) is 15.9 Å². The number of nitrogens with one attached hydrogen (secondary N) is 1. The van der Waals surface area contributed by atoms with Gasteiger partial charge >= 0.3 is 0 Å². The standard InChI is InChI=1S/C14H21N3/c1-10(2)8-15-9-13-5-6-17-12(4)7-11(3)16-14(13)17/h5-7,10,15H,8-9H2,1-4H3. The Hall–Kier alpha value is -1.35. The van der Waals surface area contributed by atoms with E-state index < -0.39 is 0 Å². The molecular formula is C14H21N3. The molecule has 3 heteroatoms. The van der Waals surface area contributed by atoms with Gasteiger partial charge in [0, 0.05) is 29.7 Å². The van der Waals surface area contributed by atoms with E-state index in [1.165, 1.54) is 11.3 Å². The predicted molar refractivity (Wildman–Crippen MR) is 71.2 cm³/mol. The molecule has 0 amide bonds. The van der Waals surface area contributed by atoms with Gasteiger partial charge in [-0.15, -0.1) is 0 Å². The third kappa shape index (κ3) is 2.67. The molecule has 92 valence electrons. The maximum Gasteiger partial charge on any atom is 0.141 e. The molecule has 0 fully saturated rings. The molecule has 0 bridgehead atoms. The zero-order valence-electron chi connectivity index (χ0n) is 11.1. The van der Waals surface area contributed by atoms with Gasteiger partial charge in [0.15, 0.2) is 0 Å². The number of rotatable bonds is 4. The first-order chi connectivity index (χ1) is 8.08. The molecule has 3 nitrogen and oxygen atoms in total. The Morgan fingerprint density at radius 3 is 2.82 bits per heavy atom. The summed E-state index contributed by atoms with van der Waals surface area (Å²) >= 11 is 0. The van der Waals surface area contributed by atoms with Crippen LogP contribution in [-0.2, 0) is 6.54 Å². The first-order valence-electron chi connectivity index (χ1n) is 6.23. The average Bonchev–Trinajstić information content (AvgIpc) is 2.61. The second-order valence-corrected chi connectivity index (χ2v) is 5.10. The van der Waals surface area contributed by atoms with E-state index in [0.29, 0.717) is 5.92 Å². The van der Waals surface area contributed by atoms with E-state index in [1.54, 1.807) is 0 Å². The predicted octanol–water partition coefficient (Wildman–Crippen LogP) is 2.70. The number of fused-ring (bicyclic) bond motifs is 1. The minimum atomic E-state index is 0.681. The minimum absolute atomic E-state index is 0.681. The summed E-state index contributed by atoms with van der Waals surface area (Å²) in [6.07, 6.45) is 2.10. The van der Waals surface area contributed by atoms with Gasteiger partial charge in [-0.25, -0.2) is 4.98 Å². The van der Waals surface area contributed by atoms with Crippen molar-refractivity contribution in [2.45, 2.75) is 34.2 Å². The molecule has 1 N–H and O–H groups in total. The Bertz CT molecular complexity index is 511. The van der Waals surface area contributed by atoms with E-state index in [1.807, 2.05) is 6.92 Å². The van der Waals surface area contributed by atoms with Gasteiger partial charge in [0.05, 0.1) is 0 Å². The molecule has 2 heterocycles. The van der Waals surface area contributed by atoms with E-state index in [-0.39, 0.29) is 0 Å². The number of hydrogen-bond acceptors (Lipinski definition) is 2. The van der Waals surface area contributed by atoms with Gasteiger partial charge in [-0.3, -0.25) is 0 Å². The lowest BCUT2D eigenvalue weighted by Gasteiger charge is -2.07. The summed E-state index contributed by atoms with van der Waals surface area (Å²) in [5.74, 6) is 0.681. The van der Waals surface area contributed by atoms with E-state index in [0.717, 1.165) is 24.4 Å². The normalized spacial score (nSPS) is 11.6. The molecule has 0 radical (unpaired) electrons. The lowest BCUT2D eigenvalue weighted by molar-refractivity contribution is 0.553. The molecular weight excluding hydrogens is 210 g/mol. The molecule has 2 aromatic heterocycles. The van der Waals surface area contributed by atoms with Crippen LogP contribution < -0.4 is 5.32 Å². The Morgan fingerprint density at radius 2 is 2.12 bits per heavy atom. The van der Waals surface area contributed by atoms with E-state index >= 15 is 0 Å². The summed E-state index contributed by atoms with van der Waals surface area (Å²) in [4.78, 5) is 4.62. The largest absolute Gasteiger partial charge is 0.312 e. The van der Waals surface area contributed by atoms with Crippen molar-refractivity contribution in [3.05, 3.63) is 35.3 Å². The zero-order valence-corrected chi connectivity index (χ0v) is 11.1. The topological polar surface area (TPSA) is 29.3 Å². The maximum atomic E-state index is 4.62. The number of aryl methyl sites for hydroxylation is 2. The van der Waals surface area contributed by atoms with E-state index in [4.69, 9.17) is 0 Å². The molecule has 0 atom stereocenters. The fourth-order valence-corrected chi connectivity index (χ4v) is 2.08. The molecule has 0 aliphatic heterocycles. The van der Waals surface area contributed by atoms with Gasteiger partial charge in [0.25, 0.3) is 0 Å². The third-order valence-electron chi connectivity index (χ3n) is 2.89. The highest BCUT2D eigenvalue weighted by Gasteiger charge is 2.06. The van der Waals surface area contributed by atoms with Crippen molar-refractivity contribution >= 4 is 5.65 Å². The number of nitrogens with zero attached hydrogens (tertiary/aromatic N) is 2. The van der Waals surface area contributed by atoms with Crippen LogP contribution in [0, 0.1) is 19.8 Å². The third-order valence-corrected chi connectivity index (χ3v) is 2.89. The summed E-state index contributed by atoms with van der Waals surface area (Å²) in [5, 5.41) is 3.46. The molecule has 0 aromatic carbocycles. The molecule has 2 aromatic rings. The molecule has 0 aliphatic rings. The van der Waals surface area contributed by atoms with Crippen LogP contribution in [0.1, 0.15) is 30.8 Å². The Kier molecular flexibility index (Phi) is 3.48. The van der Waals surface area contributed by atoms with Crippen LogP contribution in [0.2, 0.25) is 0 Å². The lowest BCUT2D eigenvalue weighted by Crippen LogP contribution is -2.19. The Morgan fingerprint density at radius 1 is 1.35 bits per heavy atom. The van der Waals surface area contributed by atoms with Gasteiger partial charge in [0.2, 0.25) is 0 Å². The van der Waals surface area contributed by atoms with Crippen molar-refractivity contribution in [2.75, 3.05) is 6.54 Å². The van der Waals surface area contributed by atoms with Crippen molar-refractivity contribution in [1.82, 2.24) is 14.7 Å². The van der Waals surface area contributed by atoms with Gasteiger partial charge in [-0.05, 0) is 38.4 Å². The molecule has 0 saturated heterocycles. The van der Waals surface area contributed by atoms with Gasteiger partial charge in [0.1, 0.15) is 5.65 Å². The average molecular weight is 231 g/mol. The molecule has 0 saturated carbocycles. The smallest absolute Gasteiger partial charge is 0.141 e. The summed E-state index contributed by atoms with van der Waals surface area (Å²) in [6.45, 7) is 10.5. The second-order valence-electron chi connectivity index (χ2n) is 5.10. The van der Waals surface area contributed by atoms with Crippen LogP contribution in [0.5, 0.6) is 0 Å². The van der Waals surface area contributed by atoms with Crippen molar-refractivity contribution in [3.63, 3.8) is 0 Å². The molecule has 17 heavy (non-hydrogen) atoms. The van der Waals surface area contributed by atoms with Crippen LogP contribution in [0.15, 0.2) is 18.3 Å². The number of aromatic nitrogens is 2. The first kappa shape index (κ1) is 12.1. The van der Waals surface area contributed by atoms with E-state index in [2.05, 4.69) is 53.8 Å². The highest BCUT2D eigenvalue weighted by atomic mass is 15.0. The number of hydrogen-bond donors (Lipinski definition) is 1. The van der Waals surface area contributed by atoms with E-state index in [9.17, 15) is 0 Å². The molecule has 0 spiro atoms. The summed E-state index contributed by atoms with van der Waals surface area (Å²) < 4.78 is 2.15. The SMILES string of the molecule is Cc1cc(C)n2ccc(CNCC(C)C)c2n1. The van der Waals surface area contributed by atoms with Crippen molar-refractivity contribution in [1.29, 1.82) is 0 Å². The summed E-state index contributed by atoms with van der Waals surface area (Å²) in [7, 11) is 0. The van der Waals surface area contributed by atoms with Crippen LogP contribution in [0.4, 0.5) is 0 Å². The zero-order chi connectivity index (χ0) is 12.4. The molecule has 0 unspecified atom stereocenters. The highest BCUT2D eigenvalue weighted by molar-refractivity contribution is 5.50. The summed E-state index contributed by atoms with van der Waals surface area (Å²) in [5.41, 5.74) is 4.68. The fraction of sp³-hybridized carbons (Fsp3) is 0.500. The van der Waals surface area contributed by atoms with Crippen LogP contribution in [0.3, 0.4) is 0 Å². The molecule has 2 rings (SSSR count). The highest BCUT2D eigenvalue weighted by Crippen LogP contribution is 2.13. The lowest BCUT2D eigenvalue weighted by atomic mass is 10.2. The maximum absolute atomic E-state index is 4.62. The second kappa shape index (κ2) is 4.88. The summed E-state index contributed by atoms with van der Waals surface area (Å²) in [6, 6.07) is 4.26. The fourth-order valence-electron chi connectivity index (χ4n) is 2.08. The first-order valence-corrected chi connectivity index (χ1v) is 6.23. The van der Waals surface area contributed by atoms with Crippen molar-refractivity contribution in [3.8, 4) is 0 Å². The van der Waals surface area contributed by atoms with Gasteiger partial charge in [-0.2, -0.15) is 0 Å². The monoisotopic (exact) mass is 231 g/mol. The van der Waals surface area contributed by atoms with Gasteiger partial charge in [-0.1, -0.05) is 13.8 Å². The van der Waals surface area contributed by atoms with Crippen LogP contribution in [0.25, 0.3) is 5.65 Å². The van der Waals surface area contributed by atoms with Crippen LogP contribution >= 0.6 is 0 Å². The minimum Gasteiger partial charge on any atom is -0.312 e.